The Labute approximate surface area is 184 Å². The molecule has 2 aromatic rings. The Morgan fingerprint density at radius 2 is 1.72 bits per heavy atom. The van der Waals surface area contributed by atoms with E-state index in [9.17, 15) is 14.4 Å². The lowest BCUT2D eigenvalue weighted by Crippen LogP contribution is -2.43. The molecule has 2 aliphatic heterocycles. The van der Waals surface area contributed by atoms with Gasteiger partial charge in [-0.3, -0.25) is 19.4 Å². The number of fused-ring (bicyclic) bond motifs is 1. The van der Waals surface area contributed by atoms with Crippen LogP contribution in [0.15, 0.2) is 46.7 Å². The molecular formula is C22H23N5O5. The second-order valence-electron chi connectivity index (χ2n) is 7.56. The lowest BCUT2D eigenvalue weighted by atomic mass is 10.1. The van der Waals surface area contributed by atoms with Crippen molar-refractivity contribution in [2.75, 3.05) is 31.0 Å². The minimum atomic E-state index is -0.997. The first-order valence-electron chi connectivity index (χ1n) is 9.99. The number of nitrogens with one attached hydrogen (secondary N) is 1. The van der Waals surface area contributed by atoms with E-state index in [1.807, 2.05) is 32.0 Å². The van der Waals surface area contributed by atoms with Crippen molar-refractivity contribution in [3.05, 3.63) is 47.5 Å². The Morgan fingerprint density at radius 1 is 1.03 bits per heavy atom. The molecule has 0 saturated carbocycles. The van der Waals surface area contributed by atoms with Crippen LogP contribution >= 0.6 is 0 Å². The summed E-state index contributed by atoms with van der Waals surface area (Å²) in [4.78, 5) is 39.8. The molecule has 32 heavy (non-hydrogen) atoms. The van der Waals surface area contributed by atoms with Gasteiger partial charge in [0.2, 0.25) is 5.91 Å². The summed E-state index contributed by atoms with van der Waals surface area (Å²) in [6, 6.07) is 8.48. The predicted octanol–water partition coefficient (Wildman–Crippen LogP) is 2.25. The Hall–Kier alpha value is -3.95. The molecule has 2 aliphatic rings. The Balaban J connectivity index is 1.52. The van der Waals surface area contributed by atoms with Crippen LogP contribution in [0, 0.1) is 13.8 Å². The lowest BCUT2D eigenvalue weighted by Gasteiger charge is -2.21. The van der Waals surface area contributed by atoms with Crippen LogP contribution in [0.4, 0.5) is 11.4 Å². The molecular weight excluding hydrogens is 414 g/mol. The minimum Gasteiger partial charge on any atom is -0.493 e. The van der Waals surface area contributed by atoms with Crippen molar-refractivity contribution in [1.29, 1.82) is 0 Å². The number of amides is 3. The Kier molecular flexibility index (Phi) is 5.52. The van der Waals surface area contributed by atoms with Crippen LogP contribution in [0.3, 0.4) is 0 Å². The zero-order valence-electron chi connectivity index (χ0n) is 18.2. The number of methoxy groups -OCH3 is 2. The third-order valence-corrected chi connectivity index (χ3v) is 5.53. The van der Waals surface area contributed by atoms with E-state index in [1.165, 1.54) is 19.2 Å². The van der Waals surface area contributed by atoms with Gasteiger partial charge in [-0.15, -0.1) is 0 Å². The van der Waals surface area contributed by atoms with Gasteiger partial charge in [0.25, 0.3) is 11.8 Å². The zero-order valence-corrected chi connectivity index (χ0v) is 18.2. The molecule has 1 saturated heterocycles. The van der Waals surface area contributed by atoms with E-state index in [0.29, 0.717) is 22.9 Å². The van der Waals surface area contributed by atoms with Gasteiger partial charge < -0.3 is 14.8 Å². The highest BCUT2D eigenvalue weighted by Gasteiger charge is 2.55. The molecule has 10 heteroatoms. The lowest BCUT2D eigenvalue weighted by molar-refractivity contribution is -0.123. The maximum absolute atomic E-state index is 13.2. The molecule has 0 bridgehead atoms. The van der Waals surface area contributed by atoms with Gasteiger partial charge in [0.1, 0.15) is 6.54 Å². The molecule has 10 nitrogen and oxygen atoms in total. The maximum Gasteiger partial charge on any atom is 0.263 e. The second kappa shape index (κ2) is 8.29. The van der Waals surface area contributed by atoms with Gasteiger partial charge in [-0.1, -0.05) is 23.4 Å². The number of carbonyl (C=O) groups excluding carboxylic acids is 3. The smallest absolute Gasteiger partial charge is 0.263 e. The molecule has 166 valence electrons. The molecule has 1 fully saturated rings. The highest BCUT2D eigenvalue weighted by molar-refractivity contribution is 6.25. The van der Waals surface area contributed by atoms with Gasteiger partial charge in [-0.2, -0.15) is 5.11 Å². The summed E-state index contributed by atoms with van der Waals surface area (Å²) in [5, 5.41) is 12.0. The summed E-state index contributed by atoms with van der Waals surface area (Å²) < 4.78 is 10.5. The minimum absolute atomic E-state index is 0.211. The molecule has 0 spiro atoms. The number of hydrogen-bond donors (Lipinski definition) is 1. The molecule has 3 amide bonds. The van der Waals surface area contributed by atoms with Crippen LogP contribution in [0.5, 0.6) is 11.5 Å². The number of imide groups is 1. The van der Waals surface area contributed by atoms with E-state index < -0.39 is 23.9 Å². The topological polar surface area (TPSA) is 113 Å². The van der Waals surface area contributed by atoms with Crippen molar-refractivity contribution in [3.8, 4) is 11.5 Å². The quantitative estimate of drug-likeness (QED) is 0.694. The van der Waals surface area contributed by atoms with E-state index in [0.717, 1.165) is 16.0 Å². The average Bonchev–Trinajstić information content (AvgIpc) is 3.29. The van der Waals surface area contributed by atoms with E-state index in [2.05, 4.69) is 15.7 Å². The number of hydrogen-bond acceptors (Lipinski definition) is 8. The number of carbonyl (C=O) groups is 3. The van der Waals surface area contributed by atoms with Crippen LogP contribution in [0.2, 0.25) is 0 Å². The fourth-order valence-electron chi connectivity index (χ4n) is 3.91. The number of ether oxygens (including phenoxy) is 2. The highest BCUT2D eigenvalue weighted by atomic mass is 16.5. The molecule has 4 rings (SSSR count). The second-order valence-corrected chi connectivity index (χ2v) is 7.56. The van der Waals surface area contributed by atoms with Crippen LogP contribution in [-0.4, -0.2) is 55.6 Å². The highest BCUT2D eigenvalue weighted by Crippen LogP contribution is 2.36. The van der Waals surface area contributed by atoms with Crippen molar-refractivity contribution in [3.63, 3.8) is 0 Å². The summed E-state index contributed by atoms with van der Waals surface area (Å²) in [5.41, 5.74) is 2.89. The number of anilines is 2. The van der Waals surface area contributed by atoms with E-state index >= 15 is 0 Å². The first-order chi connectivity index (χ1) is 15.3. The van der Waals surface area contributed by atoms with E-state index in [-0.39, 0.29) is 12.5 Å². The number of rotatable bonds is 6. The van der Waals surface area contributed by atoms with Gasteiger partial charge >= 0.3 is 0 Å². The first-order valence-corrected chi connectivity index (χ1v) is 9.99. The van der Waals surface area contributed by atoms with Crippen molar-refractivity contribution < 1.29 is 23.9 Å². The van der Waals surface area contributed by atoms with Gasteiger partial charge in [-0.25, -0.2) is 4.90 Å². The van der Waals surface area contributed by atoms with Gasteiger partial charge in [0.15, 0.2) is 23.6 Å². The standard InChI is InChI=1S/C22H23N5O5/c1-12-6-5-7-13(2)18(12)23-17(28)11-26-20-19(24-25-26)21(29)27(22(20)30)14-8-9-15(31-3)16(10-14)32-4/h5-10,19-20H,11H2,1-4H3,(H,23,28)/t19-,20+/m0/s1. The molecule has 1 N–H and O–H groups in total. The molecule has 0 aromatic heterocycles. The van der Waals surface area contributed by atoms with Crippen LogP contribution in [-0.2, 0) is 14.4 Å². The average molecular weight is 437 g/mol. The van der Waals surface area contributed by atoms with Crippen LogP contribution in [0.1, 0.15) is 11.1 Å². The van der Waals surface area contributed by atoms with E-state index in [1.54, 1.807) is 18.2 Å². The molecule has 2 aromatic carbocycles. The predicted molar refractivity (Wildman–Crippen MR) is 116 cm³/mol. The molecule has 2 heterocycles. The monoisotopic (exact) mass is 437 g/mol. The van der Waals surface area contributed by atoms with Gasteiger partial charge in [-0.05, 0) is 37.1 Å². The van der Waals surface area contributed by atoms with Crippen molar-refractivity contribution in [2.45, 2.75) is 25.9 Å². The first kappa shape index (κ1) is 21.3. The number of benzene rings is 2. The van der Waals surface area contributed by atoms with Crippen molar-refractivity contribution >= 4 is 29.1 Å². The fraction of sp³-hybridized carbons (Fsp3) is 0.318. The fourth-order valence-corrected chi connectivity index (χ4v) is 3.91. The zero-order chi connectivity index (χ0) is 23.0. The number of aryl methyl sites for hydroxylation is 2. The summed E-state index contributed by atoms with van der Waals surface area (Å²) in [6.45, 7) is 3.58. The van der Waals surface area contributed by atoms with Crippen molar-refractivity contribution in [1.82, 2.24) is 5.01 Å². The number of nitrogens with zero attached hydrogens (tertiary/aromatic N) is 4. The van der Waals surface area contributed by atoms with Gasteiger partial charge in [0.05, 0.1) is 19.9 Å². The van der Waals surface area contributed by atoms with E-state index in [4.69, 9.17) is 9.47 Å². The summed E-state index contributed by atoms with van der Waals surface area (Å²) >= 11 is 0. The molecule has 0 aliphatic carbocycles. The third kappa shape index (κ3) is 3.53. The molecule has 0 radical (unpaired) electrons. The summed E-state index contributed by atoms with van der Waals surface area (Å²) in [7, 11) is 2.96. The third-order valence-electron chi connectivity index (χ3n) is 5.53. The Morgan fingerprint density at radius 3 is 2.38 bits per heavy atom. The molecule has 2 atom stereocenters. The van der Waals surface area contributed by atoms with Gasteiger partial charge in [0, 0.05) is 11.8 Å². The Bertz CT molecular complexity index is 1110. The van der Waals surface area contributed by atoms with Crippen LogP contribution in [0.25, 0.3) is 0 Å². The summed E-state index contributed by atoms with van der Waals surface area (Å²) in [6.07, 6.45) is 0. The maximum atomic E-state index is 13.2. The number of para-hydroxylation sites is 1. The van der Waals surface area contributed by atoms with Crippen LogP contribution < -0.4 is 19.7 Å². The SMILES string of the molecule is COc1ccc(N2C(=O)[C@H]3N=NN(CC(=O)Nc4c(C)cccc4C)[C@H]3C2=O)cc1OC. The normalized spacial score (nSPS) is 19.4. The van der Waals surface area contributed by atoms with Crippen molar-refractivity contribution in [2.24, 2.45) is 10.3 Å². The summed E-state index contributed by atoms with van der Waals surface area (Å²) in [5.74, 6) is -0.508. The molecule has 0 unspecified atom stereocenters. The largest absolute Gasteiger partial charge is 0.493 e.